The molecule has 1 N–H and O–H groups in total. The van der Waals surface area contributed by atoms with Gasteiger partial charge in [0.2, 0.25) is 0 Å². The fourth-order valence-electron chi connectivity index (χ4n) is 5.28. The minimum atomic E-state index is 0.255. The number of hydrogen-bond donors (Lipinski definition) is 1. The van der Waals surface area contributed by atoms with Crippen molar-refractivity contribution in [2.75, 3.05) is 19.6 Å². The molecular formula is C26H31N5O. The lowest BCUT2D eigenvalue weighted by Gasteiger charge is -2.31. The van der Waals surface area contributed by atoms with E-state index in [0.717, 1.165) is 42.7 Å². The smallest absolute Gasteiger partial charge is 0.158 e. The molecule has 0 spiro atoms. The molecule has 0 unspecified atom stereocenters. The minimum absolute atomic E-state index is 0.255. The number of likely N-dealkylation sites (tertiary alicyclic amines) is 1. The Morgan fingerprint density at radius 3 is 2.72 bits per heavy atom. The van der Waals surface area contributed by atoms with Gasteiger partial charge < -0.3 is 4.98 Å². The minimum Gasteiger partial charge on any atom is -0.354 e. The summed E-state index contributed by atoms with van der Waals surface area (Å²) in [4.78, 5) is 21.8. The first kappa shape index (κ1) is 20.9. The number of Topliss-reactive ketones (excluding diaryl/α,β-unsaturated/α-hetero) is 1. The topological polar surface area (TPSA) is 66.3 Å². The van der Waals surface area contributed by atoms with E-state index in [1.807, 2.05) is 4.52 Å². The lowest BCUT2D eigenvalue weighted by molar-refractivity contribution is -0.118. The number of nitrogens with zero attached hydrogens (tertiary/aromatic N) is 4. The van der Waals surface area contributed by atoms with Crippen molar-refractivity contribution in [2.45, 2.75) is 52.4 Å². The molecule has 6 nitrogen and oxygen atoms in total. The molecular weight excluding hydrogens is 398 g/mol. The number of benzene rings is 1. The SMILES string of the molecule is CC(=O)CN1CCC(c2ccc3[nH]c(-c4cc(C)c5ncnn5c4)c(C(C)C)c3c2)CC1. The van der Waals surface area contributed by atoms with Crippen LogP contribution in [-0.2, 0) is 4.79 Å². The van der Waals surface area contributed by atoms with Crippen molar-refractivity contribution >= 4 is 22.3 Å². The maximum absolute atomic E-state index is 11.5. The number of pyridine rings is 1. The average Bonchev–Trinajstić information content (AvgIpc) is 3.38. The van der Waals surface area contributed by atoms with Crippen molar-refractivity contribution in [2.24, 2.45) is 0 Å². The Bertz CT molecular complexity index is 1290. The van der Waals surface area contributed by atoms with Crippen molar-refractivity contribution < 1.29 is 4.79 Å². The first-order valence-electron chi connectivity index (χ1n) is 11.6. The Morgan fingerprint density at radius 1 is 1.22 bits per heavy atom. The number of rotatable bonds is 5. The molecule has 5 rings (SSSR count). The van der Waals surface area contributed by atoms with E-state index in [1.54, 1.807) is 13.3 Å². The van der Waals surface area contributed by atoms with Crippen LogP contribution in [0.15, 0.2) is 36.8 Å². The number of nitrogens with one attached hydrogen (secondary N) is 1. The Balaban J connectivity index is 1.52. The van der Waals surface area contributed by atoms with Gasteiger partial charge in [-0.3, -0.25) is 9.69 Å². The fraction of sp³-hybridized carbons (Fsp3) is 0.423. The number of hydrogen-bond acceptors (Lipinski definition) is 4. The molecule has 1 saturated heterocycles. The van der Waals surface area contributed by atoms with Gasteiger partial charge >= 0.3 is 0 Å². The molecule has 4 aromatic rings. The monoisotopic (exact) mass is 429 g/mol. The molecule has 6 heteroatoms. The third kappa shape index (κ3) is 3.73. The van der Waals surface area contributed by atoms with E-state index in [-0.39, 0.29) is 5.78 Å². The maximum atomic E-state index is 11.5. The molecule has 166 valence electrons. The molecule has 4 heterocycles. The Kier molecular flexibility index (Phi) is 5.33. The number of H-pyrrole nitrogens is 1. The molecule has 1 aromatic carbocycles. The number of aryl methyl sites for hydroxylation is 1. The van der Waals surface area contributed by atoms with Gasteiger partial charge in [0.1, 0.15) is 12.1 Å². The van der Waals surface area contributed by atoms with Crippen molar-refractivity contribution in [1.29, 1.82) is 0 Å². The summed E-state index contributed by atoms with van der Waals surface area (Å²) in [5.74, 6) is 1.19. The van der Waals surface area contributed by atoms with Crippen LogP contribution in [0.25, 0.3) is 27.8 Å². The Morgan fingerprint density at radius 2 is 2.00 bits per heavy atom. The molecule has 0 atom stereocenters. The molecule has 3 aromatic heterocycles. The molecule has 1 aliphatic heterocycles. The van der Waals surface area contributed by atoms with Crippen molar-refractivity contribution in [3.63, 3.8) is 0 Å². The van der Waals surface area contributed by atoms with Crippen LogP contribution in [0.3, 0.4) is 0 Å². The van der Waals surface area contributed by atoms with Gasteiger partial charge in [0.05, 0.1) is 12.2 Å². The van der Waals surface area contributed by atoms with E-state index in [1.165, 1.54) is 27.7 Å². The highest BCUT2D eigenvalue weighted by Crippen LogP contribution is 2.38. The lowest BCUT2D eigenvalue weighted by Crippen LogP contribution is -2.36. The van der Waals surface area contributed by atoms with Gasteiger partial charge in [-0.15, -0.1) is 0 Å². The van der Waals surface area contributed by atoms with Gasteiger partial charge in [-0.1, -0.05) is 19.9 Å². The zero-order valence-electron chi connectivity index (χ0n) is 19.4. The second-order valence-corrected chi connectivity index (χ2v) is 9.57. The lowest BCUT2D eigenvalue weighted by atomic mass is 9.87. The number of piperidine rings is 1. The van der Waals surface area contributed by atoms with Crippen LogP contribution in [-0.4, -0.2) is 49.9 Å². The average molecular weight is 430 g/mol. The largest absolute Gasteiger partial charge is 0.354 e. The van der Waals surface area contributed by atoms with Crippen LogP contribution in [0, 0.1) is 6.92 Å². The van der Waals surface area contributed by atoms with Gasteiger partial charge in [0.25, 0.3) is 0 Å². The number of carbonyl (C=O) groups excluding carboxylic acids is 1. The number of aromatic nitrogens is 4. The molecule has 0 amide bonds. The molecule has 32 heavy (non-hydrogen) atoms. The van der Waals surface area contributed by atoms with Gasteiger partial charge in [0.15, 0.2) is 5.65 Å². The van der Waals surface area contributed by atoms with E-state index < -0.39 is 0 Å². The van der Waals surface area contributed by atoms with Crippen molar-refractivity contribution in [1.82, 2.24) is 24.5 Å². The first-order chi connectivity index (χ1) is 15.4. The van der Waals surface area contributed by atoms with E-state index in [2.05, 4.69) is 71.2 Å². The molecule has 1 aliphatic rings. The predicted molar refractivity (Wildman–Crippen MR) is 128 cm³/mol. The van der Waals surface area contributed by atoms with E-state index in [9.17, 15) is 4.79 Å². The molecule has 1 fully saturated rings. The van der Waals surface area contributed by atoms with Crippen molar-refractivity contribution in [3.05, 3.63) is 53.5 Å². The Hall–Kier alpha value is -2.99. The van der Waals surface area contributed by atoms with Crippen molar-refractivity contribution in [3.8, 4) is 11.3 Å². The number of carbonyl (C=O) groups is 1. The summed E-state index contributed by atoms with van der Waals surface area (Å²) in [5, 5.41) is 5.67. The molecule has 0 saturated carbocycles. The summed E-state index contributed by atoms with van der Waals surface area (Å²) in [7, 11) is 0. The zero-order chi connectivity index (χ0) is 22.4. The first-order valence-corrected chi connectivity index (χ1v) is 11.6. The van der Waals surface area contributed by atoms with Crippen LogP contribution >= 0.6 is 0 Å². The second kappa shape index (κ2) is 8.17. The summed E-state index contributed by atoms with van der Waals surface area (Å²) in [5.41, 5.74) is 8.27. The van der Waals surface area contributed by atoms with Gasteiger partial charge in [-0.05, 0) is 86.5 Å². The van der Waals surface area contributed by atoms with Crippen LogP contribution in [0.5, 0.6) is 0 Å². The Labute approximate surface area is 188 Å². The summed E-state index contributed by atoms with van der Waals surface area (Å²) >= 11 is 0. The van der Waals surface area contributed by atoms with Crippen LogP contribution in [0.1, 0.15) is 62.1 Å². The summed E-state index contributed by atoms with van der Waals surface area (Å²) < 4.78 is 1.86. The highest BCUT2D eigenvalue weighted by Gasteiger charge is 2.23. The highest BCUT2D eigenvalue weighted by atomic mass is 16.1. The molecule has 0 aliphatic carbocycles. The van der Waals surface area contributed by atoms with E-state index >= 15 is 0 Å². The summed E-state index contributed by atoms with van der Waals surface area (Å²) in [6, 6.07) is 9.12. The fourth-order valence-corrected chi connectivity index (χ4v) is 5.28. The standard InChI is InChI=1S/C26H31N5O/c1-16(2)24-22-12-20(19-7-9-30(10-8-19)13-18(4)32)5-6-23(22)29-25(24)21-11-17(3)26-27-15-28-31(26)14-21/h5-6,11-12,14-16,19,29H,7-10,13H2,1-4H3. The number of ketones is 1. The van der Waals surface area contributed by atoms with Gasteiger partial charge in [-0.25, -0.2) is 9.50 Å². The van der Waals surface area contributed by atoms with Gasteiger partial charge in [0, 0.05) is 22.7 Å². The van der Waals surface area contributed by atoms with Gasteiger partial charge in [-0.2, -0.15) is 5.10 Å². The molecule has 0 bridgehead atoms. The number of fused-ring (bicyclic) bond motifs is 2. The predicted octanol–water partition coefficient (Wildman–Crippen LogP) is 5.08. The van der Waals surface area contributed by atoms with E-state index in [0.29, 0.717) is 18.4 Å². The van der Waals surface area contributed by atoms with E-state index in [4.69, 9.17) is 0 Å². The summed E-state index contributed by atoms with van der Waals surface area (Å²) in [6.07, 6.45) is 5.89. The quantitative estimate of drug-likeness (QED) is 0.481. The highest BCUT2D eigenvalue weighted by molar-refractivity contribution is 5.92. The van der Waals surface area contributed by atoms with Crippen LogP contribution in [0.4, 0.5) is 0 Å². The second-order valence-electron chi connectivity index (χ2n) is 9.57. The zero-order valence-corrected chi connectivity index (χ0v) is 19.4. The normalized spacial score (nSPS) is 15.9. The third-order valence-corrected chi connectivity index (χ3v) is 6.79. The van der Waals surface area contributed by atoms with Crippen LogP contribution < -0.4 is 0 Å². The maximum Gasteiger partial charge on any atom is 0.158 e. The molecule has 0 radical (unpaired) electrons. The third-order valence-electron chi connectivity index (χ3n) is 6.79. The number of aromatic amines is 1. The summed E-state index contributed by atoms with van der Waals surface area (Å²) in [6.45, 7) is 10.9. The van der Waals surface area contributed by atoms with Crippen LogP contribution in [0.2, 0.25) is 0 Å².